The van der Waals surface area contributed by atoms with E-state index < -0.39 is 23.0 Å². The van der Waals surface area contributed by atoms with Crippen LogP contribution in [-0.4, -0.2) is 63.2 Å². The van der Waals surface area contributed by atoms with Gasteiger partial charge in [-0.05, 0) is 88.4 Å². The van der Waals surface area contributed by atoms with Crippen LogP contribution in [0.1, 0.15) is 77.0 Å². The van der Waals surface area contributed by atoms with Crippen LogP contribution in [0.2, 0.25) is 0 Å². The van der Waals surface area contributed by atoms with Crippen molar-refractivity contribution in [3.8, 4) is 0 Å². The van der Waals surface area contributed by atoms with E-state index in [1.807, 2.05) is 0 Å². The van der Waals surface area contributed by atoms with Crippen molar-refractivity contribution in [2.24, 2.45) is 34.5 Å². The predicted molar refractivity (Wildman–Crippen MR) is 135 cm³/mol. The van der Waals surface area contributed by atoms with Gasteiger partial charge in [0.25, 0.3) is 0 Å². The highest BCUT2D eigenvalue weighted by atomic mass is 16.7. The third-order valence-electron chi connectivity index (χ3n) is 11.5. The van der Waals surface area contributed by atoms with E-state index in [1.54, 1.807) is 0 Å². The molecule has 7 aliphatic rings. The Morgan fingerprint density at radius 1 is 1.03 bits per heavy atom. The Morgan fingerprint density at radius 2 is 1.79 bits per heavy atom. The van der Waals surface area contributed by atoms with Gasteiger partial charge in [-0.3, -0.25) is 9.59 Å². The number of methoxy groups -OCH3 is 1. The molecule has 4 aliphatic carbocycles. The number of ether oxygens (including phenoxy) is 6. The quantitative estimate of drug-likeness (QED) is 0.371. The zero-order valence-electron chi connectivity index (χ0n) is 22.6. The van der Waals surface area contributed by atoms with Crippen molar-refractivity contribution < 1.29 is 38.0 Å². The van der Waals surface area contributed by atoms with Crippen LogP contribution in [0.3, 0.4) is 0 Å². The number of hydrogen-bond acceptors (Lipinski definition) is 8. The summed E-state index contributed by atoms with van der Waals surface area (Å²) in [7, 11) is 1.47. The van der Waals surface area contributed by atoms with Crippen LogP contribution < -0.4 is 0 Å². The van der Waals surface area contributed by atoms with Crippen molar-refractivity contribution >= 4 is 11.9 Å². The molecule has 1 spiro atoms. The average molecular weight is 531 g/mol. The Labute approximate surface area is 225 Å². The lowest BCUT2D eigenvalue weighted by atomic mass is 9.58. The number of esters is 2. The number of rotatable bonds is 6. The third kappa shape index (κ3) is 3.42. The summed E-state index contributed by atoms with van der Waals surface area (Å²) < 4.78 is 37.2. The van der Waals surface area contributed by atoms with Gasteiger partial charge in [-0.15, -0.1) is 0 Å². The molecular weight excluding hydrogens is 488 g/mol. The summed E-state index contributed by atoms with van der Waals surface area (Å²) in [6.45, 7) is 5.87. The highest BCUT2D eigenvalue weighted by Gasteiger charge is 2.84. The lowest BCUT2D eigenvalue weighted by Gasteiger charge is -2.47. The van der Waals surface area contributed by atoms with Crippen LogP contribution in [0.15, 0.2) is 12.2 Å². The van der Waals surface area contributed by atoms with Crippen molar-refractivity contribution in [1.29, 1.82) is 0 Å². The second kappa shape index (κ2) is 9.28. The van der Waals surface area contributed by atoms with Gasteiger partial charge >= 0.3 is 11.9 Å². The lowest BCUT2D eigenvalue weighted by Crippen LogP contribution is -2.59. The summed E-state index contributed by atoms with van der Waals surface area (Å²) in [5.41, 5.74) is -0.857. The van der Waals surface area contributed by atoms with Gasteiger partial charge in [-0.1, -0.05) is 12.2 Å². The molecule has 4 saturated carbocycles. The summed E-state index contributed by atoms with van der Waals surface area (Å²) in [5, 5.41) is 0. The van der Waals surface area contributed by atoms with Crippen LogP contribution >= 0.6 is 0 Å². The van der Waals surface area contributed by atoms with E-state index in [9.17, 15) is 9.59 Å². The molecule has 3 heterocycles. The van der Waals surface area contributed by atoms with Crippen molar-refractivity contribution in [2.75, 3.05) is 26.9 Å². The van der Waals surface area contributed by atoms with E-state index >= 15 is 0 Å². The van der Waals surface area contributed by atoms with Gasteiger partial charge in [0.15, 0.2) is 12.6 Å². The molecule has 0 aromatic heterocycles. The first kappa shape index (κ1) is 25.5. The molecule has 38 heavy (non-hydrogen) atoms. The largest absolute Gasteiger partial charge is 0.469 e. The summed E-state index contributed by atoms with van der Waals surface area (Å²) in [6.07, 6.45) is 9.63. The Balaban J connectivity index is 1.32. The van der Waals surface area contributed by atoms with Gasteiger partial charge in [0, 0.05) is 25.0 Å². The van der Waals surface area contributed by atoms with E-state index in [1.165, 1.54) is 12.7 Å². The molecule has 3 saturated heterocycles. The number of carbonyl (C=O) groups excluding carboxylic acids is 2. The summed E-state index contributed by atoms with van der Waals surface area (Å²) in [4.78, 5) is 28.1. The molecule has 8 heteroatoms. The second-order valence-corrected chi connectivity index (χ2v) is 13.0. The molecular formula is C30H42O8. The smallest absolute Gasteiger partial charge is 0.318 e. The maximum atomic E-state index is 14.3. The Hall–Kier alpha value is -1.48. The molecule has 4 bridgehead atoms. The van der Waals surface area contributed by atoms with Gasteiger partial charge in [-0.2, -0.15) is 0 Å². The topological polar surface area (TPSA) is 89.5 Å². The molecule has 0 aromatic carbocycles. The molecule has 7 rings (SSSR count). The van der Waals surface area contributed by atoms with Crippen LogP contribution in [0.4, 0.5) is 0 Å². The van der Waals surface area contributed by atoms with Gasteiger partial charge in [0.2, 0.25) is 0 Å². The first-order valence-corrected chi connectivity index (χ1v) is 14.9. The van der Waals surface area contributed by atoms with Gasteiger partial charge in [-0.25, -0.2) is 0 Å². The molecule has 8 nitrogen and oxygen atoms in total. The van der Waals surface area contributed by atoms with Crippen LogP contribution in [0, 0.1) is 34.5 Å². The highest BCUT2D eigenvalue weighted by molar-refractivity contribution is 5.86. The predicted octanol–water partition coefficient (Wildman–Crippen LogP) is 4.30. The molecule has 0 amide bonds. The van der Waals surface area contributed by atoms with E-state index in [2.05, 4.69) is 6.58 Å². The Morgan fingerprint density at radius 3 is 2.50 bits per heavy atom. The fourth-order valence-electron chi connectivity index (χ4n) is 10.1. The van der Waals surface area contributed by atoms with Crippen LogP contribution in [0.25, 0.3) is 0 Å². The minimum absolute atomic E-state index is 0.114. The number of carbonyl (C=O) groups is 2. The van der Waals surface area contributed by atoms with Crippen molar-refractivity contribution in [1.82, 2.24) is 0 Å². The maximum absolute atomic E-state index is 14.3. The standard InChI is InChI=1S/C30H42O8/c1-18-15-28-16-19(18)9-10-20(28)30-12-11-21(37-23-8-4-6-14-35-23)29(27(32)38-30,25(30)24(28)26(31)33-2)17-36-22-7-3-5-13-34-22/h19-25H,1,3-17H2,2H3/t19-,20-,21+,22?,23?,24-,25-,28+,29+,30-/m1/s1. The first-order valence-electron chi connectivity index (χ1n) is 14.9. The number of allylic oxidation sites excluding steroid dienone is 1. The van der Waals surface area contributed by atoms with Crippen LogP contribution in [0.5, 0.6) is 0 Å². The minimum atomic E-state index is -1.11. The van der Waals surface area contributed by atoms with E-state index in [0.717, 1.165) is 64.2 Å². The van der Waals surface area contributed by atoms with Crippen LogP contribution in [-0.2, 0) is 38.0 Å². The molecule has 0 N–H and O–H groups in total. The van der Waals surface area contributed by atoms with E-state index in [-0.39, 0.29) is 48.4 Å². The molecule has 0 radical (unpaired) electrons. The lowest BCUT2D eigenvalue weighted by molar-refractivity contribution is -0.248. The normalized spacial score (nSPS) is 49.3. The van der Waals surface area contributed by atoms with Crippen molar-refractivity contribution in [3.05, 3.63) is 12.2 Å². The minimum Gasteiger partial charge on any atom is -0.469 e. The van der Waals surface area contributed by atoms with E-state index in [0.29, 0.717) is 32.0 Å². The van der Waals surface area contributed by atoms with Gasteiger partial charge in [0.1, 0.15) is 11.0 Å². The molecule has 2 unspecified atom stereocenters. The van der Waals surface area contributed by atoms with Crippen molar-refractivity contribution in [2.45, 2.75) is 101 Å². The summed E-state index contributed by atoms with van der Waals surface area (Å²) in [6, 6.07) is 0. The molecule has 210 valence electrons. The maximum Gasteiger partial charge on any atom is 0.318 e. The Bertz CT molecular complexity index is 985. The highest BCUT2D eigenvalue weighted by Crippen LogP contribution is 2.78. The fraction of sp³-hybridized carbons (Fsp3) is 0.867. The first-order chi connectivity index (χ1) is 18.4. The average Bonchev–Trinajstić information content (AvgIpc) is 3.41. The second-order valence-electron chi connectivity index (χ2n) is 13.0. The van der Waals surface area contributed by atoms with Crippen molar-refractivity contribution in [3.63, 3.8) is 0 Å². The SMILES string of the molecule is C=C1C[C@]23C[C@H]1CC[C@H]2[C@@]12CC[C@H](OC4CCCCO4)[C@](COC4CCCCO4)(C(=O)O1)[C@H]2[C@@H]3C(=O)OC. The van der Waals surface area contributed by atoms with Gasteiger partial charge < -0.3 is 28.4 Å². The number of hydrogen-bond donors (Lipinski definition) is 0. The number of fused-ring (bicyclic) bond motifs is 1. The molecule has 7 fully saturated rings. The molecule has 10 atom stereocenters. The third-order valence-corrected chi connectivity index (χ3v) is 11.5. The molecule has 0 aromatic rings. The zero-order valence-corrected chi connectivity index (χ0v) is 22.6. The van der Waals surface area contributed by atoms with E-state index in [4.69, 9.17) is 28.4 Å². The van der Waals surface area contributed by atoms with Gasteiger partial charge in [0.05, 0.1) is 25.7 Å². The fourth-order valence-corrected chi connectivity index (χ4v) is 10.1. The molecule has 3 aliphatic heterocycles. The summed E-state index contributed by atoms with van der Waals surface area (Å²) in [5.74, 6) is -0.795. The monoisotopic (exact) mass is 530 g/mol. The zero-order chi connectivity index (χ0) is 26.1. The summed E-state index contributed by atoms with van der Waals surface area (Å²) >= 11 is 0. The Kier molecular flexibility index (Phi) is 6.23.